The number of nitrogens with one attached hydrogen (secondary N) is 2. The zero-order chi connectivity index (χ0) is 15.4. The highest BCUT2D eigenvalue weighted by Crippen LogP contribution is 2.20. The lowest BCUT2D eigenvalue weighted by atomic mass is 10.2. The molecule has 0 radical (unpaired) electrons. The first-order chi connectivity index (χ1) is 9.95. The van der Waals surface area contributed by atoms with E-state index in [0.29, 0.717) is 16.4 Å². The lowest BCUT2D eigenvalue weighted by Gasteiger charge is -2.10. The number of carbonyl (C=O) groups excluding carboxylic acids is 1. The minimum atomic E-state index is -0.415. The smallest absolute Gasteiger partial charge is 0.258 e. The first-order valence-corrected chi connectivity index (χ1v) is 7.13. The first kappa shape index (κ1) is 15.7. The molecule has 2 N–H and O–H groups in total. The molecule has 1 heterocycles. The normalized spacial score (nSPS) is 10.0. The molecule has 0 aliphatic rings. The Kier molecular flexibility index (Phi) is 5.12. The molecule has 0 atom stereocenters. The largest absolute Gasteiger partial charge is 0.317 e. The number of aryl methyl sites for hydroxylation is 1. The molecule has 7 heteroatoms. The number of carbonyl (C=O) groups is 1. The SMILES string of the molecule is Cc1cccc(NC(=S)NC(=O)c2ccc(Cl)cc2Cl)n1. The van der Waals surface area contributed by atoms with Crippen LogP contribution in [-0.4, -0.2) is 16.0 Å². The van der Waals surface area contributed by atoms with Gasteiger partial charge in [0, 0.05) is 10.7 Å². The Morgan fingerprint density at radius 2 is 2.00 bits per heavy atom. The molecular formula is C14H11Cl2N3OS. The molecular weight excluding hydrogens is 329 g/mol. The highest BCUT2D eigenvalue weighted by atomic mass is 35.5. The van der Waals surface area contributed by atoms with E-state index in [1.165, 1.54) is 12.1 Å². The van der Waals surface area contributed by atoms with Crippen LogP contribution in [0.15, 0.2) is 36.4 Å². The molecule has 0 fully saturated rings. The second-order valence-electron chi connectivity index (χ2n) is 4.20. The van der Waals surface area contributed by atoms with Crippen molar-refractivity contribution in [2.24, 2.45) is 0 Å². The average molecular weight is 340 g/mol. The van der Waals surface area contributed by atoms with Gasteiger partial charge in [0.15, 0.2) is 5.11 Å². The van der Waals surface area contributed by atoms with Gasteiger partial charge >= 0.3 is 0 Å². The van der Waals surface area contributed by atoms with Crippen LogP contribution >= 0.6 is 35.4 Å². The van der Waals surface area contributed by atoms with Crippen LogP contribution in [0.5, 0.6) is 0 Å². The van der Waals surface area contributed by atoms with Crippen molar-refractivity contribution in [3.63, 3.8) is 0 Å². The van der Waals surface area contributed by atoms with Gasteiger partial charge in [0.25, 0.3) is 5.91 Å². The molecule has 4 nitrogen and oxygen atoms in total. The molecule has 1 amide bonds. The number of nitrogens with zero attached hydrogens (tertiary/aromatic N) is 1. The predicted molar refractivity (Wildman–Crippen MR) is 89.1 cm³/mol. The highest BCUT2D eigenvalue weighted by molar-refractivity contribution is 7.80. The number of halogens is 2. The van der Waals surface area contributed by atoms with Gasteiger partial charge in [-0.1, -0.05) is 29.3 Å². The van der Waals surface area contributed by atoms with Crippen molar-refractivity contribution in [1.82, 2.24) is 10.3 Å². The van der Waals surface area contributed by atoms with E-state index in [0.717, 1.165) is 5.69 Å². The molecule has 0 aliphatic heterocycles. The number of anilines is 1. The van der Waals surface area contributed by atoms with Gasteiger partial charge < -0.3 is 5.32 Å². The van der Waals surface area contributed by atoms with Gasteiger partial charge in [-0.05, 0) is 49.5 Å². The van der Waals surface area contributed by atoms with Gasteiger partial charge in [-0.3, -0.25) is 10.1 Å². The highest BCUT2D eigenvalue weighted by Gasteiger charge is 2.12. The van der Waals surface area contributed by atoms with Crippen molar-refractivity contribution >= 4 is 52.3 Å². The van der Waals surface area contributed by atoms with Crippen molar-refractivity contribution in [1.29, 1.82) is 0 Å². The maximum absolute atomic E-state index is 12.1. The minimum Gasteiger partial charge on any atom is -0.317 e. The summed E-state index contributed by atoms with van der Waals surface area (Å²) in [7, 11) is 0. The van der Waals surface area contributed by atoms with E-state index >= 15 is 0 Å². The summed E-state index contributed by atoms with van der Waals surface area (Å²) < 4.78 is 0. The summed E-state index contributed by atoms with van der Waals surface area (Å²) >= 11 is 16.8. The van der Waals surface area contributed by atoms with Gasteiger partial charge in [-0.2, -0.15) is 0 Å². The molecule has 2 rings (SSSR count). The van der Waals surface area contributed by atoms with Crippen LogP contribution in [0.25, 0.3) is 0 Å². The Labute approximate surface area is 137 Å². The van der Waals surface area contributed by atoms with Crippen LogP contribution < -0.4 is 10.6 Å². The lowest BCUT2D eigenvalue weighted by molar-refractivity contribution is 0.0978. The third-order valence-corrected chi connectivity index (χ3v) is 3.28. The van der Waals surface area contributed by atoms with E-state index in [-0.39, 0.29) is 10.1 Å². The van der Waals surface area contributed by atoms with Crippen LogP contribution in [0.1, 0.15) is 16.1 Å². The maximum Gasteiger partial charge on any atom is 0.258 e. The Balaban J connectivity index is 2.04. The van der Waals surface area contributed by atoms with Crippen molar-refractivity contribution < 1.29 is 4.79 Å². The summed E-state index contributed by atoms with van der Waals surface area (Å²) in [6, 6.07) is 10.1. The van der Waals surface area contributed by atoms with Crippen LogP contribution in [0.3, 0.4) is 0 Å². The molecule has 21 heavy (non-hydrogen) atoms. The summed E-state index contributed by atoms with van der Waals surface area (Å²) in [5.74, 6) is 0.143. The molecule has 0 saturated heterocycles. The number of hydrogen-bond donors (Lipinski definition) is 2. The number of amides is 1. The molecule has 2 aromatic rings. The fourth-order valence-corrected chi connectivity index (χ4v) is 2.30. The maximum atomic E-state index is 12.1. The zero-order valence-electron chi connectivity index (χ0n) is 11.0. The van der Waals surface area contributed by atoms with E-state index in [2.05, 4.69) is 15.6 Å². The van der Waals surface area contributed by atoms with Crippen molar-refractivity contribution in [3.8, 4) is 0 Å². The van der Waals surface area contributed by atoms with Crippen molar-refractivity contribution in [2.45, 2.75) is 6.92 Å². The zero-order valence-corrected chi connectivity index (χ0v) is 13.3. The summed E-state index contributed by atoms with van der Waals surface area (Å²) in [6.07, 6.45) is 0. The number of aromatic nitrogens is 1. The number of thiocarbonyl (C=S) groups is 1. The number of hydrogen-bond acceptors (Lipinski definition) is 3. The van der Waals surface area contributed by atoms with E-state index in [1.54, 1.807) is 12.1 Å². The summed E-state index contributed by atoms with van der Waals surface area (Å²) in [5, 5.41) is 6.23. The van der Waals surface area contributed by atoms with E-state index in [1.807, 2.05) is 19.1 Å². The van der Waals surface area contributed by atoms with Crippen LogP contribution in [-0.2, 0) is 0 Å². The second-order valence-corrected chi connectivity index (χ2v) is 5.45. The molecule has 1 aromatic carbocycles. The standard InChI is InChI=1S/C14H11Cl2N3OS/c1-8-3-2-4-12(17-8)18-14(21)19-13(20)10-6-5-9(15)7-11(10)16/h2-7H,1H3,(H2,17,18,19,20,21). The Morgan fingerprint density at radius 1 is 1.24 bits per heavy atom. The van der Waals surface area contributed by atoms with Gasteiger partial charge in [0.05, 0.1) is 10.6 Å². The van der Waals surface area contributed by atoms with E-state index in [9.17, 15) is 4.79 Å². The Hall–Kier alpha value is -1.69. The van der Waals surface area contributed by atoms with Crippen LogP contribution in [0.2, 0.25) is 10.0 Å². The van der Waals surface area contributed by atoms with E-state index < -0.39 is 5.91 Å². The van der Waals surface area contributed by atoms with Crippen molar-refractivity contribution in [3.05, 3.63) is 57.7 Å². The first-order valence-electron chi connectivity index (χ1n) is 5.97. The lowest BCUT2D eigenvalue weighted by Crippen LogP contribution is -2.34. The van der Waals surface area contributed by atoms with Crippen molar-refractivity contribution in [2.75, 3.05) is 5.32 Å². The van der Waals surface area contributed by atoms with Gasteiger partial charge in [-0.15, -0.1) is 0 Å². The quantitative estimate of drug-likeness (QED) is 0.816. The third-order valence-electron chi connectivity index (χ3n) is 2.53. The topological polar surface area (TPSA) is 54.0 Å². The molecule has 1 aromatic heterocycles. The van der Waals surface area contributed by atoms with E-state index in [4.69, 9.17) is 35.4 Å². The molecule has 0 unspecified atom stereocenters. The summed E-state index contributed by atoms with van der Waals surface area (Å²) in [5.41, 5.74) is 1.14. The van der Waals surface area contributed by atoms with Gasteiger partial charge in [0.1, 0.15) is 5.82 Å². The summed E-state index contributed by atoms with van der Waals surface area (Å²) in [6.45, 7) is 1.86. The fourth-order valence-electron chi connectivity index (χ4n) is 1.60. The third kappa shape index (κ3) is 4.39. The monoisotopic (exact) mass is 339 g/mol. The van der Waals surface area contributed by atoms with Gasteiger partial charge in [0.2, 0.25) is 0 Å². The summed E-state index contributed by atoms with van der Waals surface area (Å²) in [4.78, 5) is 16.3. The molecule has 0 aliphatic carbocycles. The molecule has 108 valence electrons. The fraction of sp³-hybridized carbons (Fsp3) is 0.0714. The minimum absolute atomic E-state index is 0.143. The van der Waals surface area contributed by atoms with Crippen LogP contribution in [0, 0.1) is 6.92 Å². The molecule has 0 spiro atoms. The van der Waals surface area contributed by atoms with Gasteiger partial charge in [-0.25, -0.2) is 4.98 Å². The molecule has 0 bridgehead atoms. The number of benzene rings is 1. The Morgan fingerprint density at radius 3 is 2.67 bits per heavy atom. The van der Waals surface area contributed by atoms with Crippen LogP contribution in [0.4, 0.5) is 5.82 Å². The second kappa shape index (κ2) is 6.85. The predicted octanol–water partition coefficient (Wildman–Crippen LogP) is 3.82. The molecule has 0 saturated carbocycles. The number of pyridine rings is 1. The average Bonchev–Trinajstić information content (AvgIpc) is 2.38. The number of rotatable bonds is 2. The Bertz CT molecular complexity index is 706.